The summed E-state index contributed by atoms with van der Waals surface area (Å²) < 4.78 is 0. The second-order valence-corrected chi connectivity index (χ2v) is 7.68. The van der Waals surface area contributed by atoms with E-state index in [1.165, 1.54) is 47.9 Å². The van der Waals surface area contributed by atoms with Gasteiger partial charge in [-0.25, -0.2) is 0 Å². The minimum atomic E-state index is 0.280. The summed E-state index contributed by atoms with van der Waals surface area (Å²) in [6.45, 7) is 0.973. The topological polar surface area (TPSA) is 59.1 Å². The van der Waals surface area contributed by atoms with Gasteiger partial charge in [-0.05, 0) is 97.7 Å². The van der Waals surface area contributed by atoms with Gasteiger partial charge in [-0.15, -0.1) is 0 Å². The largest absolute Gasteiger partial charge is 0.396 e. The van der Waals surface area contributed by atoms with Crippen LogP contribution in [0.25, 0.3) is 0 Å². The lowest BCUT2D eigenvalue weighted by molar-refractivity contribution is 0.281. The number of pyridine rings is 1. The van der Waals surface area contributed by atoms with E-state index in [1.54, 1.807) is 0 Å². The average molecular weight is 353 g/mol. The minimum absolute atomic E-state index is 0.280. The lowest BCUT2D eigenvalue weighted by atomic mass is 9.79. The molecular formula is C23H32N2O. The van der Waals surface area contributed by atoms with Crippen molar-refractivity contribution in [3.8, 4) is 0 Å². The lowest BCUT2D eigenvalue weighted by Crippen LogP contribution is -2.17. The molecule has 0 unspecified atom stereocenters. The Hall–Kier alpha value is -1.71. The zero-order valence-electron chi connectivity index (χ0n) is 15.7. The van der Waals surface area contributed by atoms with Gasteiger partial charge in [0.05, 0.1) is 0 Å². The Kier molecular flexibility index (Phi) is 7.22. The van der Waals surface area contributed by atoms with E-state index >= 15 is 0 Å². The first-order valence-corrected chi connectivity index (χ1v) is 10.1. The lowest BCUT2D eigenvalue weighted by Gasteiger charge is -2.26. The molecule has 0 saturated carbocycles. The summed E-state index contributed by atoms with van der Waals surface area (Å²) in [5.74, 6) is 1.22. The van der Waals surface area contributed by atoms with Crippen molar-refractivity contribution in [1.82, 2.24) is 4.98 Å². The van der Waals surface area contributed by atoms with Crippen molar-refractivity contribution in [2.75, 3.05) is 13.2 Å². The molecule has 0 saturated heterocycles. The molecule has 3 N–H and O–H groups in total. The summed E-state index contributed by atoms with van der Waals surface area (Å²) in [6.07, 6.45) is 12.9. The molecule has 0 aliphatic heterocycles. The molecular weight excluding hydrogens is 320 g/mol. The van der Waals surface area contributed by atoms with Crippen LogP contribution >= 0.6 is 0 Å². The molecule has 0 amide bonds. The van der Waals surface area contributed by atoms with Gasteiger partial charge in [-0.1, -0.05) is 24.6 Å². The molecule has 1 aliphatic carbocycles. The summed E-state index contributed by atoms with van der Waals surface area (Å²) in [7, 11) is 0. The Morgan fingerprint density at radius 1 is 1.12 bits per heavy atom. The van der Waals surface area contributed by atoms with Crippen molar-refractivity contribution in [2.45, 2.75) is 57.3 Å². The van der Waals surface area contributed by atoms with Gasteiger partial charge in [0.2, 0.25) is 0 Å². The van der Waals surface area contributed by atoms with Crippen molar-refractivity contribution >= 4 is 0 Å². The first kappa shape index (κ1) is 19.1. The minimum Gasteiger partial charge on any atom is -0.396 e. The van der Waals surface area contributed by atoms with E-state index in [4.69, 9.17) is 10.8 Å². The van der Waals surface area contributed by atoms with Gasteiger partial charge in [-0.3, -0.25) is 4.98 Å². The van der Waals surface area contributed by atoms with E-state index in [2.05, 4.69) is 35.3 Å². The normalized spacial score (nSPS) is 17.7. The summed E-state index contributed by atoms with van der Waals surface area (Å²) in [5, 5.41) is 8.99. The van der Waals surface area contributed by atoms with Crippen LogP contribution in [0.3, 0.4) is 0 Å². The highest BCUT2D eigenvalue weighted by Gasteiger charge is 2.20. The molecule has 1 aromatic carbocycles. The van der Waals surface area contributed by atoms with E-state index in [1.807, 2.05) is 12.4 Å². The number of benzene rings is 1. The monoisotopic (exact) mass is 352 g/mol. The molecule has 1 heterocycles. The number of nitrogens with zero attached hydrogens (tertiary/aromatic N) is 1. The number of fused-ring (bicyclic) bond motifs is 1. The van der Waals surface area contributed by atoms with Crippen LogP contribution in [-0.2, 0) is 19.3 Å². The molecule has 1 aromatic heterocycles. The van der Waals surface area contributed by atoms with Gasteiger partial charge >= 0.3 is 0 Å². The number of unbranched alkanes of at least 4 members (excludes halogenated alkanes) is 1. The fourth-order valence-electron chi connectivity index (χ4n) is 4.19. The summed E-state index contributed by atoms with van der Waals surface area (Å²) >= 11 is 0. The summed E-state index contributed by atoms with van der Waals surface area (Å²) in [5.41, 5.74) is 11.9. The average Bonchev–Trinajstić information content (AvgIpc) is 2.70. The van der Waals surface area contributed by atoms with E-state index in [9.17, 15) is 0 Å². The second kappa shape index (κ2) is 9.84. The maximum absolute atomic E-state index is 8.99. The van der Waals surface area contributed by atoms with E-state index in [0.29, 0.717) is 12.5 Å². The fraction of sp³-hybridized carbons (Fsp3) is 0.522. The molecule has 140 valence electrons. The number of aromatic nitrogens is 1. The third-order valence-electron chi connectivity index (χ3n) is 5.87. The number of aliphatic hydroxyl groups is 1. The molecule has 3 rings (SSSR count). The molecule has 2 aromatic rings. The van der Waals surface area contributed by atoms with Crippen molar-refractivity contribution < 1.29 is 5.11 Å². The Morgan fingerprint density at radius 3 is 2.73 bits per heavy atom. The maximum Gasteiger partial charge on any atom is 0.0431 e. The predicted octanol–water partition coefficient (Wildman–Crippen LogP) is 4.02. The molecule has 0 fully saturated rings. The first-order chi connectivity index (χ1) is 12.8. The van der Waals surface area contributed by atoms with E-state index < -0.39 is 0 Å². The predicted molar refractivity (Wildman–Crippen MR) is 107 cm³/mol. The fourth-order valence-corrected chi connectivity index (χ4v) is 4.19. The van der Waals surface area contributed by atoms with Crippen LogP contribution in [0.1, 0.15) is 60.3 Å². The number of nitrogens with two attached hydrogens (primary N) is 1. The Morgan fingerprint density at radius 2 is 1.96 bits per heavy atom. The first-order valence-electron chi connectivity index (χ1n) is 10.1. The zero-order chi connectivity index (χ0) is 18.2. The van der Waals surface area contributed by atoms with E-state index in [-0.39, 0.29) is 6.61 Å². The third-order valence-corrected chi connectivity index (χ3v) is 5.87. The molecule has 2 atom stereocenters. The van der Waals surface area contributed by atoms with Crippen molar-refractivity contribution in [2.24, 2.45) is 11.7 Å². The van der Waals surface area contributed by atoms with Gasteiger partial charge in [-0.2, -0.15) is 0 Å². The highest BCUT2D eigenvalue weighted by Crippen LogP contribution is 2.31. The third kappa shape index (κ3) is 5.15. The molecule has 3 nitrogen and oxygen atoms in total. The second-order valence-electron chi connectivity index (χ2n) is 7.68. The standard InChI is InChI=1S/C23H32N2O/c24-17-23(3-1-2-14-26)22-9-8-20-15-19(6-7-21(20)16-22)5-4-18-10-12-25-13-11-18/h8-13,16,19,23,26H,1-7,14-15,17,24H2/t19-,23-/m0/s1. The quantitative estimate of drug-likeness (QED) is 0.670. The number of hydrogen-bond acceptors (Lipinski definition) is 3. The number of aryl methyl sites for hydroxylation is 2. The van der Waals surface area contributed by atoms with Crippen LogP contribution < -0.4 is 5.73 Å². The van der Waals surface area contributed by atoms with Gasteiger partial charge in [0.15, 0.2) is 0 Å². The smallest absolute Gasteiger partial charge is 0.0431 e. The summed E-state index contributed by atoms with van der Waals surface area (Å²) in [4.78, 5) is 4.10. The van der Waals surface area contributed by atoms with Gasteiger partial charge in [0.1, 0.15) is 0 Å². The summed E-state index contributed by atoms with van der Waals surface area (Å²) in [6, 6.07) is 11.3. The van der Waals surface area contributed by atoms with Crippen LogP contribution in [0.5, 0.6) is 0 Å². The molecule has 1 aliphatic rings. The van der Waals surface area contributed by atoms with Crippen molar-refractivity contribution in [3.05, 3.63) is 65.0 Å². The Bertz CT molecular complexity index is 671. The molecule has 26 heavy (non-hydrogen) atoms. The van der Waals surface area contributed by atoms with Crippen LogP contribution in [0.15, 0.2) is 42.7 Å². The van der Waals surface area contributed by atoms with E-state index in [0.717, 1.165) is 31.6 Å². The molecule has 0 spiro atoms. The SMILES string of the molecule is NC[C@H](CCCCO)c1ccc2c(c1)CC[C@H](CCc1ccncc1)C2. The Balaban J connectivity index is 1.58. The van der Waals surface area contributed by atoms with Crippen molar-refractivity contribution in [3.63, 3.8) is 0 Å². The van der Waals surface area contributed by atoms with Crippen LogP contribution in [0.2, 0.25) is 0 Å². The van der Waals surface area contributed by atoms with Crippen LogP contribution in [-0.4, -0.2) is 23.2 Å². The Labute approximate surface area is 157 Å². The molecule has 0 bridgehead atoms. The number of hydrogen-bond donors (Lipinski definition) is 2. The van der Waals surface area contributed by atoms with Crippen molar-refractivity contribution in [1.29, 1.82) is 0 Å². The number of aliphatic hydroxyl groups excluding tert-OH is 1. The van der Waals surface area contributed by atoms with Crippen LogP contribution in [0, 0.1) is 5.92 Å². The zero-order valence-corrected chi connectivity index (χ0v) is 15.7. The molecule has 0 radical (unpaired) electrons. The molecule has 3 heteroatoms. The highest BCUT2D eigenvalue weighted by molar-refractivity contribution is 5.36. The van der Waals surface area contributed by atoms with Gasteiger partial charge < -0.3 is 10.8 Å². The van der Waals surface area contributed by atoms with Gasteiger partial charge in [0, 0.05) is 19.0 Å². The maximum atomic E-state index is 8.99. The van der Waals surface area contributed by atoms with Crippen LogP contribution in [0.4, 0.5) is 0 Å². The highest BCUT2D eigenvalue weighted by atomic mass is 16.2. The number of rotatable bonds is 9. The van der Waals surface area contributed by atoms with Gasteiger partial charge in [0.25, 0.3) is 0 Å².